The van der Waals surface area contributed by atoms with Crippen molar-refractivity contribution in [2.75, 3.05) is 14.2 Å². The van der Waals surface area contributed by atoms with Gasteiger partial charge < -0.3 is 9.47 Å². The molecule has 0 fully saturated rings. The second-order valence-corrected chi connectivity index (χ2v) is 4.87. The highest BCUT2D eigenvalue weighted by Gasteiger charge is 2.51. The van der Waals surface area contributed by atoms with E-state index in [1.165, 1.54) is 14.2 Å². The van der Waals surface area contributed by atoms with Gasteiger partial charge in [0.25, 0.3) is 0 Å². The van der Waals surface area contributed by atoms with E-state index in [0.717, 1.165) is 0 Å². The van der Waals surface area contributed by atoms with Gasteiger partial charge in [-0.05, 0) is 12.0 Å². The van der Waals surface area contributed by atoms with Crippen LogP contribution in [0.1, 0.15) is 23.2 Å². The molecule has 1 aliphatic carbocycles. The van der Waals surface area contributed by atoms with E-state index >= 15 is 0 Å². The fourth-order valence-corrected chi connectivity index (χ4v) is 2.50. The minimum absolute atomic E-state index is 0.0000737. The van der Waals surface area contributed by atoms with Crippen LogP contribution < -0.4 is 0 Å². The van der Waals surface area contributed by atoms with E-state index in [9.17, 15) is 14.4 Å². The molecule has 0 spiro atoms. The van der Waals surface area contributed by atoms with Gasteiger partial charge in [0.05, 0.1) is 14.2 Å². The van der Waals surface area contributed by atoms with Crippen molar-refractivity contribution in [3.63, 3.8) is 0 Å². The number of ether oxygens (including phenoxy) is 2. The average Bonchev–Trinajstić information content (AvgIpc) is 3.00. The van der Waals surface area contributed by atoms with Crippen molar-refractivity contribution in [2.24, 2.45) is 5.41 Å². The Kier molecular flexibility index (Phi) is 4.21. The fourth-order valence-electron chi connectivity index (χ4n) is 2.50. The number of carbonyl (C=O) groups excluding carboxylic acids is 3. The second kappa shape index (κ2) is 5.91. The average molecular weight is 288 g/mol. The molecule has 21 heavy (non-hydrogen) atoms. The Morgan fingerprint density at radius 1 is 1.00 bits per heavy atom. The Hall–Kier alpha value is -2.43. The van der Waals surface area contributed by atoms with Gasteiger partial charge in [0.15, 0.2) is 11.2 Å². The molecule has 5 nitrogen and oxygen atoms in total. The van der Waals surface area contributed by atoms with Gasteiger partial charge in [-0.2, -0.15) is 0 Å². The summed E-state index contributed by atoms with van der Waals surface area (Å²) in [6, 6.07) is 8.72. The SMILES string of the molecule is COC(=O)C1(C(=O)OC)CC=C(C(=O)c2ccccc2)C1. The third-order valence-electron chi connectivity index (χ3n) is 3.67. The van der Waals surface area contributed by atoms with E-state index in [-0.39, 0.29) is 18.6 Å². The summed E-state index contributed by atoms with van der Waals surface area (Å²) in [7, 11) is 2.42. The highest BCUT2D eigenvalue weighted by molar-refractivity contribution is 6.11. The zero-order valence-corrected chi connectivity index (χ0v) is 11.9. The van der Waals surface area contributed by atoms with E-state index in [2.05, 4.69) is 0 Å². The van der Waals surface area contributed by atoms with Gasteiger partial charge in [0.2, 0.25) is 0 Å². The molecular weight excluding hydrogens is 272 g/mol. The van der Waals surface area contributed by atoms with Crippen LogP contribution in [-0.2, 0) is 19.1 Å². The molecule has 0 saturated heterocycles. The summed E-state index contributed by atoms with van der Waals surface area (Å²) < 4.78 is 9.42. The topological polar surface area (TPSA) is 69.7 Å². The van der Waals surface area contributed by atoms with Crippen LogP contribution in [0.25, 0.3) is 0 Å². The third kappa shape index (κ3) is 2.59. The summed E-state index contributed by atoms with van der Waals surface area (Å²) in [4.78, 5) is 36.3. The first-order chi connectivity index (χ1) is 10.0. The molecule has 0 amide bonds. The summed E-state index contributed by atoms with van der Waals surface area (Å²) in [6.07, 6.45) is 1.73. The van der Waals surface area contributed by atoms with E-state index in [4.69, 9.17) is 9.47 Å². The van der Waals surface area contributed by atoms with Crippen molar-refractivity contribution in [3.05, 3.63) is 47.5 Å². The molecule has 0 heterocycles. The number of Topliss-reactive ketones (excluding diaryl/α,β-unsaturated/α-hetero) is 1. The largest absolute Gasteiger partial charge is 0.468 e. The van der Waals surface area contributed by atoms with Crippen molar-refractivity contribution < 1.29 is 23.9 Å². The Morgan fingerprint density at radius 3 is 2.10 bits per heavy atom. The molecule has 1 aromatic rings. The molecule has 1 aliphatic rings. The lowest BCUT2D eigenvalue weighted by atomic mass is 9.83. The lowest BCUT2D eigenvalue weighted by Gasteiger charge is -2.23. The van der Waals surface area contributed by atoms with Crippen LogP contribution in [0.15, 0.2) is 42.0 Å². The quantitative estimate of drug-likeness (QED) is 0.481. The van der Waals surface area contributed by atoms with Crippen LogP contribution in [0.3, 0.4) is 0 Å². The van der Waals surface area contributed by atoms with Crippen LogP contribution in [0.5, 0.6) is 0 Å². The zero-order valence-electron chi connectivity index (χ0n) is 11.9. The van der Waals surface area contributed by atoms with Crippen LogP contribution in [0, 0.1) is 5.41 Å². The monoisotopic (exact) mass is 288 g/mol. The Labute approximate surface area is 122 Å². The number of carbonyl (C=O) groups is 3. The van der Waals surface area contributed by atoms with Crippen LogP contribution in [0.4, 0.5) is 0 Å². The highest BCUT2D eigenvalue weighted by Crippen LogP contribution is 2.40. The third-order valence-corrected chi connectivity index (χ3v) is 3.67. The Balaban J connectivity index is 2.26. The van der Waals surface area contributed by atoms with Crippen LogP contribution in [0.2, 0.25) is 0 Å². The van der Waals surface area contributed by atoms with Gasteiger partial charge in [-0.25, -0.2) is 0 Å². The molecule has 0 saturated carbocycles. The van der Waals surface area contributed by atoms with Gasteiger partial charge in [-0.1, -0.05) is 36.4 Å². The standard InChI is InChI=1S/C16H16O5/c1-20-14(18)16(15(19)21-2)9-8-12(10-16)13(17)11-6-4-3-5-7-11/h3-8H,9-10H2,1-2H3. The van der Waals surface area contributed by atoms with Crippen molar-refractivity contribution in [2.45, 2.75) is 12.8 Å². The molecular formula is C16H16O5. The number of ketones is 1. The van der Waals surface area contributed by atoms with Gasteiger partial charge >= 0.3 is 11.9 Å². The first kappa shape index (κ1) is 15.0. The van der Waals surface area contributed by atoms with Gasteiger partial charge in [0.1, 0.15) is 0 Å². The van der Waals surface area contributed by atoms with E-state index in [1.807, 2.05) is 6.07 Å². The predicted molar refractivity (Wildman–Crippen MR) is 74.6 cm³/mol. The Bertz CT molecular complexity index is 584. The second-order valence-electron chi connectivity index (χ2n) is 4.87. The molecule has 0 aliphatic heterocycles. The molecule has 0 unspecified atom stereocenters. The van der Waals surface area contributed by atoms with Crippen molar-refractivity contribution in [1.29, 1.82) is 0 Å². The minimum Gasteiger partial charge on any atom is -0.468 e. The highest BCUT2D eigenvalue weighted by atomic mass is 16.5. The number of methoxy groups -OCH3 is 2. The zero-order chi connectivity index (χ0) is 15.5. The molecule has 0 bridgehead atoms. The number of hydrogen-bond acceptors (Lipinski definition) is 5. The normalized spacial score (nSPS) is 16.0. The maximum Gasteiger partial charge on any atom is 0.323 e. The molecule has 0 radical (unpaired) electrons. The van der Waals surface area contributed by atoms with Crippen molar-refractivity contribution in [1.82, 2.24) is 0 Å². The lowest BCUT2D eigenvalue weighted by molar-refractivity contribution is -0.168. The number of esters is 2. The minimum atomic E-state index is -1.44. The summed E-state index contributed by atoms with van der Waals surface area (Å²) in [5.74, 6) is -1.55. The van der Waals surface area contributed by atoms with Crippen LogP contribution in [-0.4, -0.2) is 31.9 Å². The van der Waals surface area contributed by atoms with Gasteiger partial charge in [-0.3, -0.25) is 14.4 Å². The number of benzene rings is 1. The van der Waals surface area contributed by atoms with Crippen molar-refractivity contribution in [3.8, 4) is 0 Å². The molecule has 0 N–H and O–H groups in total. The number of rotatable bonds is 4. The maximum absolute atomic E-state index is 12.4. The first-order valence-electron chi connectivity index (χ1n) is 6.51. The molecule has 0 aromatic heterocycles. The number of hydrogen-bond donors (Lipinski definition) is 0. The first-order valence-corrected chi connectivity index (χ1v) is 6.51. The molecule has 1 aromatic carbocycles. The fraction of sp³-hybridized carbons (Fsp3) is 0.312. The predicted octanol–water partition coefficient (Wildman–Crippen LogP) is 1.92. The molecule has 2 rings (SSSR count). The van der Waals surface area contributed by atoms with Gasteiger partial charge in [-0.15, -0.1) is 0 Å². The smallest absolute Gasteiger partial charge is 0.323 e. The molecule has 110 valence electrons. The summed E-state index contributed by atoms with van der Waals surface area (Å²) in [5, 5.41) is 0. The van der Waals surface area contributed by atoms with Crippen LogP contribution >= 0.6 is 0 Å². The lowest BCUT2D eigenvalue weighted by Crippen LogP contribution is -2.39. The summed E-state index contributed by atoms with van der Waals surface area (Å²) in [5.41, 5.74) is -0.491. The Morgan fingerprint density at radius 2 is 1.57 bits per heavy atom. The molecule has 5 heteroatoms. The summed E-state index contributed by atoms with van der Waals surface area (Å²) in [6.45, 7) is 0. The molecule has 0 atom stereocenters. The van der Waals surface area contributed by atoms with E-state index < -0.39 is 17.4 Å². The maximum atomic E-state index is 12.4. The van der Waals surface area contributed by atoms with E-state index in [0.29, 0.717) is 11.1 Å². The van der Waals surface area contributed by atoms with E-state index in [1.54, 1.807) is 30.3 Å². The van der Waals surface area contributed by atoms with Gasteiger partial charge in [0, 0.05) is 12.0 Å². The summed E-state index contributed by atoms with van der Waals surface area (Å²) >= 11 is 0. The van der Waals surface area contributed by atoms with Crippen molar-refractivity contribution >= 4 is 17.7 Å². The number of allylic oxidation sites excluding steroid dienone is 2.